The molecule has 3 aromatic heterocycles. The molecule has 3 aromatic rings. The van der Waals surface area contributed by atoms with Crippen LogP contribution < -0.4 is 0 Å². The summed E-state index contributed by atoms with van der Waals surface area (Å²) in [4.78, 5) is 27.7. The molecular formula is C22H22N6O3. The zero-order chi connectivity index (χ0) is 20.8. The van der Waals surface area contributed by atoms with Gasteiger partial charge in [0.1, 0.15) is 6.23 Å². The highest BCUT2D eigenvalue weighted by atomic mass is 16.6. The minimum absolute atomic E-state index is 0.00298. The van der Waals surface area contributed by atoms with Gasteiger partial charge in [0.2, 0.25) is 0 Å². The summed E-state index contributed by atoms with van der Waals surface area (Å²) in [5, 5.41) is 4.38. The number of hydrogen-bond acceptors (Lipinski definition) is 7. The smallest absolute Gasteiger partial charge is 0.257 e. The van der Waals surface area contributed by atoms with Crippen molar-refractivity contribution in [2.45, 2.75) is 56.3 Å². The van der Waals surface area contributed by atoms with Gasteiger partial charge in [-0.1, -0.05) is 0 Å². The molecule has 2 atom stereocenters. The van der Waals surface area contributed by atoms with Gasteiger partial charge in [0.15, 0.2) is 5.60 Å². The van der Waals surface area contributed by atoms with Gasteiger partial charge < -0.3 is 14.4 Å². The minimum atomic E-state index is -0.739. The lowest BCUT2D eigenvalue weighted by Crippen LogP contribution is -2.54. The van der Waals surface area contributed by atoms with Gasteiger partial charge >= 0.3 is 0 Å². The highest BCUT2D eigenvalue weighted by Gasteiger charge is 2.63. The van der Waals surface area contributed by atoms with Crippen LogP contribution in [0, 0.1) is 0 Å². The molecule has 6 rings (SSSR count). The fourth-order valence-corrected chi connectivity index (χ4v) is 4.84. The van der Waals surface area contributed by atoms with Crippen LogP contribution in [-0.2, 0) is 20.9 Å². The van der Waals surface area contributed by atoms with Crippen molar-refractivity contribution in [1.82, 2.24) is 29.6 Å². The van der Waals surface area contributed by atoms with Crippen molar-refractivity contribution in [3.05, 3.63) is 66.8 Å². The molecule has 1 unspecified atom stereocenters. The summed E-state index contributed by atoms with van der Waals surface area (Å²) in [6.45, 7) is 0.454. The van der Waals surface area contributed by atoms with E-state index in [0.29, 0.717) is 19.4 Å². The lowest BCUT2D eigenvalue weighted by molar-refractivity contribution is -0.177. The Morgan fingerprint density at radius 1 is 1.10 bits per heavy atom. The molecule has 2 aliphatic heterocycles. The van der Waals surface area contributed by atoms with Crippen LogP contribution in [0.2, 0.25) is 0 Å². The summed E-state index contributed by atoms with van der Waals surface area (Å²) in [6.07, 6.45) is 15.0. The van der Waals surface area contributed by atoms with Crippen LogP contribution in [0.4, 0.5) is 0 Å². The van der Waals surface area contributed by atoms with E-state index in [0.717, 1.165) is 29.8 Å². The predicted molar refractivity (Wildman–Crippen MR) is 108 cm³/mol. The summed E-state index contributed by atoms with van der Waals surface area (Å²) in [5.41, 5.74) is 2.03. The topological polar surface area (TPSA) is 95.3 Å². The predicted octanol–water partition coefficient (Wildman–Crippen LogP) is 2.20. The largest absolute Gasteiger partial charge is 0.373 e. The Bertz CT molecular complexity index is 1080. The second-order valence-corrected chi connectivity index (χ2v) is 8.34. The Balaban J connectivity index is 1.07. The number of hydrogen-bond donors (Lipinski definition) is 0. The van der Waals surface area contributed by atoms with Gasteiger partial charge in [0, 0.05) is 49.4 Å². The maximum Gasteiger partial charge on any atom is 0.257 e. The Morgan fingerprint density at radius 3 is 2.77 bits per heavy atom. The van der Waals surface area contributed by atoms with Gasteiger partial charge in [-0.25, -0.2) is 4.68 Å². The first kappa shape index (κ1) is 18.6. The van der Waals surface area contributed by atoms with E-state index in [4.69, 9.17) is 9.47 Å². The molecule has 3 aliphatic rings. The first-order chi connectivity index (χ1) is 15.2. The quantitative estimate of drug-likeness (QED) is 0.627. The van der Waals surface area contributed by atoms with E-state index >= 15 is 0 Å². The van der Waals surface area contributed by atoms with Gasteiger partial charge in [-0.15, -0.1) is 0 Å². The molecule has 0 N–H and O–H groups in total. The molecule has 1 spiro atoms. The second kappa shape index (κ2) is 7.21. The van der Waals surface area contributed by atoms with E-state index in [9.17, 15) is 4.79 Å². The third-order valence-electron chi connectivity index (χ3n) is 6.41. The Labute approximate surface area is 179 Å². The number of aromatic nitrogens is 5. The molecule has 0 aromatic carbocycles. The molecule has 1 amide bonds. The SMILES string of the molecule is O=C1N2C(CC[C@H]2c2cnccn2)OC12CC(OCc1cnn(-c3ccncc3)c1)C2. The van der Waals surface area contributed by atoms with E-state index in [2.05, 4.69) is 20.1 Å². The van der Waals surface area contributed by atoms with Crippen LogP contribution in [0.1, 0.15) is 43.0 Å². The second-order valence-electron chi connectivity index (χ2n) is 8.34. The lowest BCUT2D eigenvalue weighted by Gasteiger charge is -2.42. The number of pyridine rings is 1. The maximum absolute atomic E-state index is 13.2. The molecule has 9 nitrogen and oxygen atoms in total. The van der Waals surface area contributed by atoms with Crippen LogP contribution in [0.5, 0.6) is 0 Å². The van der Waals surface area contributed by atoms with Crippen molar-refractivity contribution in [3.8, 4) is 5.69 Å². The molecule has 0 bridgehead atoms. The molecule has 1 aliphatic carbocycles. The van der Waals surface area contributed by atoms with Crippen molar-refractivity contribution < 1.29 is 14.3 Å². The van der Waals surface area contributed by atoms with Crippen molar-refractivity contribution in [2.24, 2.45) is 0 Å². The van der Waals surface area contributed by atoms with Crippen molar-refractivity contribution in [3.63, 3.8) is 0 Å². The number of carbonyl (C=O) groups is 1. The van der Waals surface area contributed by atoms with Crippen LogP contribution in [0.15, 0.2) is 55.5 Å². The normalized spacial score (nSPS) is 29.4. The van der Waals surface area contributed by atoms with Gasteiger partial charge in [-0.3, -0.25) is 19.7 Å². The van der Waals surface area contributed by atoms with Crippen molar-refractivity contribution in [2.75, 3.05) is 0 Å². The number of fused-ring (bicyclic) bond motifs is 1. The molecule has 0 radical (unpaired) electrons. The summed E-state index contributed by atoms with van der Waals surface area (Å²) < 4.78 is 14.1. The molecular weight excluding hydrogens is 396 g/mol. The number of nitrogens with zero attached hydrogens (tertiary/aromatic N) is 6. The summed E-state index contributed by atoms with van der Waals surface area (Å²) >= 11 is 0. The highest BCUT2D eigenvalue weighted by Crippen LogP contribution is 2.51. The molecule has 31 heavy (non-hydrogen) atoms. The highest BCUT2D eigenvalue weighted by molar-refractivity contribution is 5.89. The van der Waals surface area contributed by atoms with Crippen molar-refractivity contribution >= 4 is 5.91 Å². The third-order valence-corrected chi connectivity index (χ3v) is 6.41. The van der Waals surface area contributed by atoms with Crippen LogP contribution >= 0.6 is 0 Å². The fraction of sp³-hybridized carbons (Fsp3) is 0.409. The zero-order valence-corrected chi connectivity index (χ0v) is 16.9. The Kier molecular flexibility index (Phi) is 4.32. The van der Waals surface area contributed by atoms with Gasteiger partial charge in [0.25, 0.3) is 5.91 Å². The summed E-state index contributed by atoms with van der Waals surface area (Å²) in [7, 11) is 0. The molecule has 9 heteroatoms. The van der Waals surface area contributed by atoms with E-state index in [-0.39, 0.29) is 24.3 Å². The average molecular weight is 418 g/mol. The molecule has 5 heterocycles. The van der Waals surface area contributed by atoms with Gasteiger partial charge in [0.05, 0.1) is 42.5 Å². The number of ether oxygens (including phenoxy) is 2. The van der Waals surface area contributed by atoms with Crippen LogP contribution in [0.3, 0.4) is 0 Å². The zero-order valence-electron chi connectivity index (χ0n) is 16.9. The number of amides is 1. The Morgan fingerprint density at radius 2 is 1.97 bits per heavy atom. The summed E-state index contributed by atoms with van der Waals surface area (Å²) in [5.74, 6) is 0.0657. The third kappa shape index (κ3) is 3.12. The van der Waals surface area contributed by atoms with E-state index in [1.165, 1.54) is 0 Å². The molecule has 158 valence electrons. The van der Waals surface area contributed by atoms with Gasteiger partial charge in [-0.05, 0) is 25.0 Å². The van der Waals surface area contributed by atoms with E-state index in [1.807, 2.05) is 23.2 Å². The Hall–Kier alpha value is -3.17. The molecule has 3 fully saturated rings. The van der Waals surface area contributed by atoms with E-state index < -0.39 is 5.60 Å². The minimum Gasteiger partial charge on any atom is -0.373 e. The monoisotopic (exact) mass is 418 g/mol. The first-order valence-corrected chi connectivity index (χ1v) is 10.5. The maximum atomic E-state index is 13.2. The molecule has 1 saturated carbocycles. The molecule has 2 saturated heterocycles. The summed E-state index contributed by atoms with van der Waals surface area (Å²) in [6, 6.07) is 3.75. The lowest BCUT2D eigenvalue weighted by atomic mass is 9.76. The standard InChI is InChI=1S/C22H22N6O3/c29-21-22(31-20-2-1-19(28(20)21)18-12-24-7-8-25-18)9-17(10-22)30-14-15-11-26-27(13-15)16-3-5-23-6-4-16/h3-8,11-13,17,19-20H,1-2,9-10,14H2/t17?,19-,20?,22?/m0/s1. The average Bonchev–Trinajstić information content (AvgIpc) is 3.49. The van der Waals surface area contributed by atoms with Crippen molar-refractivity contribution in [1.29, 1.82) is 0 Å². The van der Waals surface area contributed by atoms with Crippen LogP contribution in [-0.4, -0.2) is 53.5 Å². The first-order valence-electron chi connectivity index (χ1n) is 10.5. The number of rotatable bonds is 5. The fourth-order valence-electron chi connectivity index (χ4n) is 4.84. The van der Waals surface area contributed by atoms with E-state index in [1.54, 1.807) is 41.9 Å². The number of carbonyl (C=O) groups excluding carboxylic acids is 1. The van der Waals surface area contributed by atoms with Gasteiger partial charge in [-0.2, -0.15) is 5.10 Å². The van der Waals surface area contributed by atoms with Crippen LogP contribution in [0.25, 0.3) is 5.69 Å².